The van der Waals surface area contributed by atoms with Crippen LogP contribution in [0.4, 0.5) is 5.69 Å². The molecule has 1 aliphatic carbocycles. The van der Waals surface area contributed by atoms with Gasteiger partial charge in [0, 0.05) is 11.8 Å². The van der Waals surface area contributed by atoms with Crippen molar-refractivity contribution in [1.29, 1.82) is 0 Å². The van der Waals surface area contributed by atoms with Gasteiger partial charge in [-0.25, -0.2) is 4.79 Å². The number of carboxylic acids is 1. The van der Waals surface area contributed by atoms with E-state index < -0.39 is 11.5 Å². The van der Waals surface area contributed by atoms with Gasteiger partial charge >= 0.3 is 5.97 Å². The number of rotatable bonds is 4. The zero-order chi connectivity index (χ0) is 13.2. The standard InChI is InChI=1S/C14H19NO3/c1-10-6-7-14(9-10,13(16)17)15-11-4-3-5-12(8-11)18-2/h3-5,8,10,15H,6-7,9H2,1-2H3,(H,16,17). The number of methoxy groups -OCH3 is 1. The quantitative estimate of drug-likeness (QED) is 0.861. The number of carboxylic acid groups (broad SMARTS) is 1. The highest BCUT2D eigenvalue weighted by Gasteiger charge is 2.44. The molecule has 0 bridgehead atoms. The van der Waals surface area contributed by atoms with Gasteiger partial charge in [0.2, 0.25) is 0 Å². The summed E-state index contributed by atoms with van der Waals surface area (Å²) in [6, 6.07) is 7.40. The molecular formula is C14H19NO3. The first-order chi connectivity index (χ1) is 8.55. The maximum atomic E-state index is 11.5. The van der Waals surface area contributed by atoms with Crippen molar-refractivity contribution in [2.75, 3.05) is 12.4 Å². The Morgan fingerprint density at radius 1 is 1.56 bits per heavy atom. The van der Waals surface area contributed by atoms with Crippen molar-refractivity contribution in [1.82, 2.24) is 0 Å². The molecule has 1 aromatic carbocycles. The molecular weight excluding hydrogens is 230 g/mol. The summed E-state index contributed by atoms with van der Waals surface area (Å²) in [5, 5.41) is 12.7. The third-order valence-electron chi connectivity index (χ3n) is 3.62. The molecule has 0 heterocycles. The van der Waals surface area contributed by atoms with Crippen molar-refractivity contribution in [3.05, 3.63) is 24.3 Å². The zero-order valence-corrected chi connectivity index (χ0v) is 10.8. The van der Waals surface area contributed by atoms with E-state index >= 15 is 0 Å². The highest BCUT2D eigenvalue weighted by atomic mass is 16.5. The van der Waals surface area contributed by atoms with Crippen LogP contribution in [0, 0.1) is 5.92 Å². The Morgan fingerprint density at radius 3 is 2.89 bits per heavy atom. The van der Waals surface area contributed by atoms with E-state index in [-0.39, 0.29) is 0 Å². The topological polar surface area (TPSA) is 58.6 Å². The van der Waals surface area contributed by atoms with E-state index in [1.165, 1.54) is 0 Å². The van der Waals surface area contributed by atoms with Crippen molar-refractivity contribution in [3.8, 4) is 5.75 Å². The maximum Gasteiger partial charge on any atom is 0.329 e. The summed E-state index contributed by atoms with van der Waals surface area (Å²) in [5.41, 5.74) is -0.0305. The summed E-state index contributed by atoms with van der Waals surface area (Å²) in [6.45, 7) is 2.10. The molecule has 1 aromatic rings. The summed E-state index contributed by atoms with van der Waals surface area (Å²) in [6.07, 6.45) is 2.28. The minimum atomic E-state index is -0.828. The normalized spacial score (nSPS) is 26.9. The van der Waals surface area contributed by atoms with Crippen molar-refractivity contribution in [2.24, 2.45) is 5.92 Å². The third-order valence-corrected chi connectivity index (χ3v) is 3.62. The molecule has 2 rings (SSSR count). The van der Waals surface area contributed by atoms with Crippen LogP contribution in [0.5, 0.6) is 5.75 Å². The summed E-state index contributed by atoms with van der Waals surface area (Å²) < 4.78 is 5.15. The average Bonchev–Trinajstić information content (AvgIpc) is 2.72. The molecule has 0 aliphatic heterocycles. The molecule has 0 spiro atoms. The van der Waals surface area contributed by atoms with Gasteiger partial charge in [-0.1, -0.05) is 13.0 Å². The van der Waals surface area contributed by atoms with Gasteiger partial charge in [0.05, 0.1) is 7.11 Å². The molecule has 1 fully saturated rings. The Hall–Kier alpha value is -1.71. The zero-order valence-electron chi connectivity index (χ0n) is 10.8. The number of anilines is 1. The monoisotopic (exact) mass is 249 g/mol. The van der Waals surface area contributed by atoms with Gasteiger partial charge < -0.3 is 15.2 Å². The van der Waals surface area contributed by atoms with E-state index in [0.717, 1.165) is 17.9 Å². The first-order valence-electron chi connectivity index (χ1n) is 6.21. The SMILES string of the molecule is COc1cccc(NC2(C(=O)O)CCC(C)C2)c1. The predicted molar refractivity (Wildman–Crippen MR) is 70.0 cm³/mol. The minimum Gasteiger partial charge on any atom is -0.497 e. The molecule has 0 saturated heterocycles. The second-order valence-electron chi connectivity index (χ2n) is 5.09. The number of hydrogen-bond donors (Lipinski definition) is 2. The molecule has 0 radical (unpaired) electrons. The number of nitrogens with one attached hydrogen (secondary N) is 1. The van der Waals surface area contributed by atoms with Gasteiger partial charge in [-0.05, 0) is 37.3 Å². The first-order valence-corrected chi connectivity index (χ1v) is 6.21. The van der Waals surface area contributed by atoms with Gasteiger partial charge in [0.1, 0.15) is 11.3 Å². The lowest BCUT2D eigenvalue weighted by Crippen LogP contribution is -2.44. The van der Waals surface area contributed by atoms with E-state index in [0.29, 0.717) is 18.8 Å². The molecule has 4 heteroatoms. The molecule has 1 aliphatic rings. The number of aliphatic carboxylic acids is 1. The Kier molecular flexibility index (Phi) is 3.45. The number of benzene rings is 1. The second kappa shape index (κ2) is 4.88. The van der Waals surface area contributed by atoms with Crippen LogP contribution in [0.2, 0.25) is 0 Å². The van der Waals surface area contributed by atoms with Crippen LogP contribution in [0.15, 0.2) is 24.3 Å². The van der Waals surface area contributed by atoms with Crippen molar-refractivity contribution >= 4 is 11.7 Å². The summed E-state index contributed by atoms with van der Waals surface area (Å²) >= 11 is 0. The molecule has 0 amide bonds. The van der Waals surface area contributed by atoms with Crippen LogP contribution in [0.25, 0.3) is 0 Å². The number of hydrogen-bond acceptors (Lipinski definition) is 3. The van der Waals surface area contributed by atoms with Gasteiger partial charge in [-0.2, -0.15) is 0 Å². The minimum absolute atomic E-state index is 0.444. The molecule has 2 N–H and O–H groups in total. The van der Waals surface area contributed by atoms with Crippen LogP contribution in [0.3, 0.4) is 0 Å². The van der Waals surface area contributed by atoms with Gasteiger partial charge in [0.15, 0.2) is 0 Å². The maximum absolute atomic E-state index is 11.5. The van der Waals surface area contributed by atoms with Crippen molar-refractivity contribution in [3.63, 3.8) is 0 Å². The highest BCUT2D eigenvalue weighted by Crippen LogP contribution is 2.37. The fraction of sp³-hybridized carbons (Fsp3) is 0.500. The molecule has 0 aromatic heterocycles. The molecule has 2 unspecified atom stereocenters. The smallest absolute Gasteiger partial charge is 0.329 e. The van der Waals surface area contributed by atoms with E-state index in [9.17, 15) is 9.90 Å². The number of ether oxygens (including phenoxy) is 1. The predicted octanol–water partition coefficient (Wildman–Crippen LogP) is 2.75. The van der Waals surface area contributed by atoms with Crippen molar-refractivity contribution in [2.45, 2.75) is 31.7 Å². The van der Waals surface area contributed by atoms with Crippen LogP contribution in [-0.4, -0.2) is 23.7 Å². The van der Waals surface area contributed by atoms with Gasteiger partial charge in [-0.3, -0.25) is 0 Å². The lowest BCUT2D eigenvalue weighted by atomic mass is 9.96. The Balaban J connectivity index is 2.21. The molecule has 2 atom stereocenters. The van der Waals surface area contributed by atoms with Crippen LogP contribution < -0.4 is 10.1 Å². The summed E-state index contributed by atoms with van der Waals surface area (Å²) in [5.74, 6) is 0.403. The number of carbonyl (C=O) groups is 1. The molecule has 98 valence electrons. The lowest BCUT2D eigenvalue weighted by molar-refractivity contribution is -0.142. The molecule has 18 heavy (non-hydrogen) atoms. The molecule has 1 saturated carbocycles. The largest absolute Gasteiger partial charge is 0.497 e. The van der Waals surface area contributed by atoms with Crippen LogP contribution >= 0.6 is 0 Å². The van der Waals surface area contributed by atoms with E-state index in [4.69, 9.17) is 4.74 Å². The van der Waals surface area contributed by atoms with Crippen molar-refractivity contribution < 1.29 is 14.6 Å². The Morgan fingerprint density at radius 2 is 2.33 bits per heavy atom. The average molecular weight is 249 g/mol. The van der Waals surface area contributed by atoms with Crippen LogP contribution in [-0.2, 0) is 4.79 Å². The van der Waals surface area contributed by atoms with E-state index in [1.54, 1.807) is 7.11 Å². The fourth-order valence-electron chi connectivity index (χ4n) is 2.63. The summed E-state index contributed by atoms with van der Waals surface area (Å²) in [7, 11) is 1.60. The Bertz CT molecular complexity index is 446. The summed E-state index contributed by atoms with van der Waals surface area (Å²) in [4.78, 5) is 11.5. The van der Waals surface area contributed by atoms with E-state index in [1.807, 2.05) is 24.3 Å². The fourth-order valence-corrected chi connectivity index (χ4v) is 2.63. The second-order valence-corrected chi connectivity index (χ2v) is 5.09. The van der Waals surface area contributed by atoms with Crippen LogP contribution in [0.1, 0.15) is 26.2 Å². The van der Waals surface area contributed by atoms with Gasteiger partial charge in [0.25, 0.3) is 0 Å². The molecule has 4 nitrogen and oxygen atoms in total. The van der Waals surface area contributed by atoms with E-state index in [2.05, 4.69) is 12.2 Å². The third kappa shape index (κ3) is 2.42. The van der Waals surface area contributed by atoms with Gasteiger partial charge in [-0.15, -0.1) is 0 Å². The first kappa shape index (κ1) is 12.7. The lowest BCUT2D eigenvalue weighted by Gasteiger charge is -2.27. The highest BCUT2D eigenvalue weighted by molar-refractivity contribution is 5.83. The Labute approximate surface area is 107 Å².